The molecule has 4 heteroatoms. The quantitative estimate of drug-likeness (QED) is 0.725. The first-order valence-electron chi connectivity index (χ1n) is 4.61. The SMILES string of the molecule is CCCNCCn1c(C)csc1=O. The molecule has 1 rings (SSSR count). The van der Waals surface area contributed by atoms with Crippen LogP contribution in [0.25, 0.3) is 0 Å². The number of nitrogens with zero attached hydrogens (tertiary/aromatic N) is 1. The second-order valence-electron chi connectivity index (χ2n) is 3.04. The predicted molar refractivity (Wildman–Crippen MR) is 56.5 cm³/mol. The zero-order chi connectivity index (χ0) is 9.68. The Morgan fingerprint density at radius 2 is 2.31 bits per heavy atom. The Morgan fingerprint density at radius 1 is 1.54 bits per heavy atom. The van der Waals surface area contributed by atoms with Crippen LogP contribution in [0.5, 0.6) is 0 Å². The maximum atomic E-state index is 11.3. The summed E-state index contributed by atoms with van der Waals surface area (Å²) < 4.78 is 1.81. The molecule has 74 valence electrons. The molecule has 0 saturated heterocycles. The molecule has 0 aliphatic heterocycles. The second-order valence-corrected chi connectivity index (χ2v) is 3.87. The number of aryl methyl sites for hydroxylation is 1. The maximum absolute atomic E-state index is 11.3. The number of thiazole rings is 1. The number of hydrogen-bond acceptors (Lipinski definition) is 3. The highest BCUT2D eigenvalue weighted by molar-refractivity contribution is 7.07. The van der Waals surface area contributed by atoms with E-state index < -0.39 is 0 Å². The van der Waals surface area contributed by atoms with Crippen molar-refractivity contribution in [2.24, 2.45) is 0 Å². The smallest absolute Gasteiger partial charge is 0.307 e. The molecule has 13 heavy (non-hydrogen) atoms. The summed E-state index contributed by atoms with van der Waals surface area (Å²) in [6.45, 7) is 6.80. The van der Waals surface area contributed by atoms with Crippen LogP contribution in [0.1, 0.15) is 19.0 Å². The van der Waals surface area contributed by atoms with E-state index in [9.17, 15) is 4.79 Å². The molecule has 1 aromatic heterocycles. The van der Waals surface area contributed by atoms with Crippen molar-refractivity contribution in [3.8, 4) is 0 Å². The van der Waals surface area contributed by atoms with Crippen LogP contribution in [0.15, 0.2) is 10.2 Å². The summed E-state index contributed by atoms with van der Waals surface area (Å²) in [6.07, 6.45) is 1.14. The fourth-order valence-electron chi connectivity index (χ4n) is 1.17. The van der Waals surface area contributed by atoms with Gasteiger partial charge in [0.05, 0.1) is 0 Å². The molecular weight excluding hydrogens is 184 g/mol. The van der Waals surface area contributed by atoms with Crippen LogP contribution in [0, 0.1) is 6.92 Å². The Morgan fingerprint density at radius 3 is 2.85 bits per heavy atom. The van der Waals surface area contributed by atoms with Gasteiger partial charge in [-0.2, -0.15) is 0 Å². The first kappa shape index (κ1) is 10.5. The van der Waals surface area contributed by atoms with E-state index in [4.69, 9.17) is 0 Å². The first-order chi connectivity index (χ1) is 6.25. The van der Waals surface area contributed by atoms with Gasteiger partial charge in [-0.05, 0) is 19.9 Å². The van der Waals surface area contributed by atoms with Gasteiger partial charge in [0.25, 0.3) is 0 Å². The number of nitrogens with one attached hydrogen (secondary N) is 1. The van der Waals surface area contributed by atoms with Crippen molar-refractivity contribution in [2.45, 2.75) is 26.8 Å². The Kier molecular flexibility index (Phi) is 4.18. The Balaban J connectivity index is 2.40. The summed E-state index contributed by atoms with van der Waals surface area (Å²) in [5.74, 6) is 0. The molecule has 0 aliphatic carbocycles. The van der Waals surface area contributed by atoms with Crippen LogP contribution >= 0.6 is 11.3 Å². The Labute approximate surface area is 82.4 Å². The van der Waals surface area contributed by atoms with E-state index in [2.05, 4.69) is 12.2 Å². The largest absolute Gasteiger partial charge is 0.315 e. The molecule has 0 spiro atoms. The van der Waals surface area contributed by atoms with Crippen molar-refractivity contribution < 1.29 is 0 Å². The van der Waals surface area contributed by atoms with Gasteiger partial charge in [0.1, 0.15) is 0 Å². The average molecular weight is 200 g/mol. The Hall–Kier alpha value is -0.610. The monoisotopic (exact) mass is 200 g/mol. The van der Waals surface area contributed by atoms with Crippen molar-refractivity contribution in [1.29, 1.82) is 0 Å². The molecule has 1 aromatic rings. The summed E-state index contributed by atoms with van der Waals surface area (Å²) in [7, 11) is 0. The van der Waals surface area contributed by atoms with E-state index in [1.54, 1.807) is 0 Å². The third-order valence-electron chi connectivity index (χ3n) is 1.92. The van der Waals surface area contributed by atoms with Crippen molar-refractivity contribution in [3.05, 3.63) is 20.7 Å². The summed E-state index contributed by atoms with van der Waals surface area (Å²) in [5, 5.41) is 5.18. The molecule has 0 unspecified atom stereocenters. The van der Waals surface area contributed by atoms with Crippen molar-refractivity contribution >= 4 is 11.3 Å². The van der Waals surface area contributed by atoms with Gasteiger partial charge in [0.2, 0.25) is 0 Å². The number of hydrogen-bond donors (Lipinski definition) is 1. The molecule has 1 heterocycles. The lowest BCUT2D eigenvalue weighted by Gasteiger charge is -2.04. The molecule has 0 aromatic carbocycles. The van der Waals surface area contributed by atoms with E-state index in [0.717, 1.165) is 31.7 Å². The molecule has 0 aliphatic rings. The molecule has 0 atom stereocenters. The summed E-state index contributed by atoms with van der Waals surface area (Å²) in [5.41, 5.74) is 1.06. The molecule has 0 saturated carbocycles. The van der Waals surface area contributed by atoms with Crippen molar-refractivity contribution in [1.82, 2.24) is 9.88 Å². The molecule has 0 radical (unpaired) electrons. The summed E-state index contributed by atoms with van der Waals surface area (Å²) in [6, 6.07) is 0. The van der Waals surface area contributed by atoms with Gasteiger partial charge in [0, 0.05) is 24.2 Å². The third kappa shape index (κ3) is 2.97. The molecule has 0 amide bonds. The minimum Gasteiger partial charge on any atom is -0.315 e. The van der Waals surface area contributed by atoms with Gasteiger partial charge in [0.15, 0.2) is 0 Å². The normalized spacial score (nSPS) is 10.6. The van der Waals surface area contributed by atoms with Crippen LogP contribution in [0.4, 0.5) is 0 Å². The minimum atomic E-state index is 0.149. The zero-order valence-electron chi connectivity index (χ0n) is 8.17. The van der Waals surface area contributed by atoms with Crippen LogP contribution in [0.2, 0.25) is 0 Å². The minimum absolute atomic E-state index is 0.149. The third-order valence-corrected chi connectivity index (χ3v) is 2.80. The lowest BCUT2D eigenvalue weighted by atomic mass is 10.4. The fourth-order valence-corrected chi connectivity index (χ4v) is 1.93. The first-order valence-corrected chi connectivity index (χ1v) is 5.49. The van der Waals surface area contributed by atoms with Gasteiger partial charge in [-0.25, -0.2) is 0 Å². The molecular formula is C9H16N2OS. The molecule has 0 fully saturated rings. The summed E-state index contributed by atoms with van der Waals surface area (Å²) in [4.78, 5) is 11.4. The van der Waals surface area contributed by atoms with E-state index in [1.807, 2.05) is 16.9 Å². The Bertz CT molecular complexity index is 303. The highest BCUT2D eigenvalue weighted by Gasteiger charge is 2.00. The van der Waals surface area contributed by atoms with E-state index in [0.29, 0.717) is 0 Å². The van der Waals surface area contributed by atoms with Gasteiger partial charge in [-0.3, -0.25) is 4.79 Å². The lowest BCUT2D eigenvalue weighted by molar-refractivity contribution is 0.581. The van der Waals surface area contributed by atoms with Gasteiger partial charge in [-0.15, -0.1) is 0 Å². The van der Waals surface area contributed by atoms with E-state index in [-0.39, 0.29) is 4.87 Å². The zero-order valence-corrected chi connectivity index (χ0v) is 8.99. The van der Waals surface area contributed by atoms with E-state index >= 15 is 0 Å². The van der Waals surface area contributed by atoms with E-state index in [1.165, 1.54) is 11.3 Å². The lowest BCUT2D eigenvalue weighted by Crippen LogP contribution is -2.25. The van der Waals surface area contributed by atoms with Crippen LogP contribution in [-0.4, -0.2) is 17.7 Å². The van der Waals surface area contributed by atoms with Crippen molar-refractivity contribution in [2.75, 3.05) is 13.1 Å². The van der Waals surface area contributed by atoms with Crippen molar-refractivity contribution in [3.63, 3.8) is 0 Å². The van der Waals surface area contributed by atoms with Crippen LogP contribution in [-0.2, 0) is 6.54 Å². The molecule has 0 bridgehead atoms. The fraction of sp³-hybridized carbons (Fsp3) is 0.667. The highest BCUT2D eigenvalue weighted by atomic mass is 32.1. The predicted octanol–water partition coefficient (Wildman–Crippen LogP) is 1.22. The number of rotatable bonds is 5. The topological polar surface area (TPSA) is 34.0 Å². The van der Waals surface area contributed by atoms with Crippen LogP contribution < -0.4 is 10.2 Å². The van der Waals surface area contributed by atoms with Gasteiger partial charge >= 0.3 is 4.87 Å². The standard InChI is InChI=1S/C9H16N2OS/c1-3-4-10-5-6-11-8(2)7-13-9(11)12/h7,10H,3-6H2,1-2H3. The van der Waals surface area contributed by atoms with Crippen LogP contribution in [0.3, 0.4) is 0 Å². The molecule has 3 nitrogen and oxygen atoms in total. The average Bonchev–Trinajstić information content (AvgIpc) is 2.42. The van der Waals surface area contributed by atoms with Gasteiger partial charge in [-0.1, -0.05) is 18.3 Å². The maximum Gasteiger partial charge on any atom is 0.307 e. The second kappa shape index (κ2) is 5.19. The van der Waals surface area contributed by atoms with Gasteiger partial charge < -0.3 is 9.88 Å². The highest BCUT2D eigenvalue weighted by Crippen LogP contribution is 1.97. The molecule has 1 N–H and O–H groups in total. The number of aromatic nitrogens is 1. The summed E-state index contributed by atoms with van der Waals surface area (Å²) >= 11 is 1.27.